The number of hydrogen-bond donors (Lipinski definition) is 0. The average molecular weight is 242 g/mol. The van der Waals surface area contributed by atoms with Gasteiger partial charge in [-0.05, 0) is 36.2 Å². The molecule has 0 unspecified atom stereocenters. The predicted molar refractivity (Wildman–Crippen MR) is 67.2 cm³/mol. The normalized spacial score (nSPS) is 10.1. The van der Waals surface area contributed by atoms with Crippen LogP contribution in [0.25, 0.3) is 0 Å². The molecule has 18 heavy (non-hydrogen) atoms. The fourth-order valence-electron chi connectivity index (χ4n) is 1.47. The van der Waals surface area contributed by atoms with Crippen LogP contribution in [0.4, 0.5) is 0 Å². The van der Waals surface area contributed by atoms with Crippen LogP contribution in [0, 0.1) is 6.92 Å². The second kappa shape index (κ2) is 5.91. The van der Waals surface area contributed by atoms with Crippen molar-refractivity contribution in [3.05, 3.63) is 59.7 Å². The minimum atomic E-state index is -0.385. The Morgan fingerprint density at radius 2 is 2.00 bits per heavy atom. The molecule has 0 aliphatic heterocycles. The summed E-state index contributed by atoms with van der Waals surface area (Å²) in [6.07, 6.45) is 5.77. The maximum atomic E-state index is 11.6. The van der Waals surface area contributed by atoms with E-state index >= 15 is 0 Å². The Morgan fingerprint density at radius 3 is 2.67 bits per heavy atom. The van der Waals surface area contributed by atoms with E-state index < -0.39 is 0 Å². The van der Waals surface area contributed by atoms with Gasteiger partial charge in [-0.15, -0.1) is 0 Å². The smallest absolute Gasteiger partial charge is 0.356 e. The maximum absolute atomic E-state index is 11.6. The molecule has 0 atom stereocenters. The highest BCUT2D eigenvalue weighted by Crippen LogP contribution is 2.02. The lowest BCUT2D eigenvalue weighted by molar-refractivity contribution is 0.0502. The number of ether oxygens (including phenoxy) is 1. The molecule has 0 aliphatic carbocycles. The zero-order valence-electron chi connectivity index (χ0n) is 10.2. The lowest BCUT2D eigenvalue weighted by atomic mass is 10.2. The minimum Gasteiger partial charge on any atom is -0.461 e. The highest BCUT2D eigenvalue weighted by Gasteiger charge is 2.07. The summed E-state index contributed by atoms with van der Waals surface area (Å²) >= 11 is 0. The van der Waals surface area contributed by atoms with Crippen molar-refractivity contribution in [1.82, 2.24) is 9.97 Å². The first-order chi connectivity index (χ1) is 8.75. The van der Waals surface area contributed by atoms with Crippen LogP contribution in [0.1, 0.15) is 21.6 Å². The van der Waals surface area contributed by atoms with Gasteiger partial charge in [-0.1, -0.05) is 6.07 Å². The van der Waals surface area contributed by atoms with E-state index in [1.54, 1.807) is 24.7 Å². The van der Waals surface area contributed by atoms with E-state index in [1.165, 1.54) is 0 Å². The van der Waals surface area contributed by atoms with Crippen LogP contribution < -0.4 is 0 Å². The Kier molecular flexibility index (Phi) is 4.02. The standard InChI is InChI=1S/C14H14N2O2/c1-11-2-3-13(16-10-11)14(17)18-9-6-12-4-7-15-8-5-12/h2-5,7-8,10H,6,9H2,1H3. The van der Waals surface area contributed by atoms with Crippen molar-refractivity contribution in [2.75, 3.05) is 6.61 Å². The lowest BCUT2D eigenvalue weighted by Crippen LogP contribution is -2.09. The first-order valence-electron chi connectivity index (χ1n) is 5.74. The molecule has 0 bridgehead atoms. The van der Waals surface area contributed by atoms with Gasteiger partial charge in [-0.25, -0.2) is 9.78 Å². The van der Waals surface area contributed by atoms with Crippen molar-refractivity contribution in [1.29, 1.82) is 0 Å². The van der Waals surface area contributed by atoms with Gasteiger partial charge in [0, 0.05) is 25.0 Å². The molecule has 2 aromatic rings. The molecule has 0 aromatic carbocycles. The van der Waals surface area contributed by atoms with Crippen LogP contribution in [0.15, 0.2) is 42.9 Å². The number of pyridine rings is 2. The molecule has 0 N–H and O–H groups in total. The van der Waals surface area contributed by atoms with Crippen LogP contribution in [-0.4, -0.2) is 22.5 Å². The topological polar surface area (TPSA) is 52.1 Å². The summed E-state index contributed by atoms with van der Waals surface area (Å²) in [6.45, 7) is 2.27. The summed E-state index contributed by atoms with van der Waals surface area (Å²) in [5.41, 5.74) is 2.45. The highest BCUT2D eigenvalue weighted by atomic mass is 16.5. The Bertz CT molecular complexity index is 509. The molecule has 0 saturated heterocycles. The molecule has 2 heterocycles. The quantitative estimate of drug-likeness (QED) is 0.771. The number of carbonyl (C=O) groups excluding carboxylic acids is 1. The van der Waals surface area contributed by atoms with E-state index in [1.807, 2.05) is 25.1 Å². The molecule has 0 radical (unpaired) electrons. The number of esters is 1. The first-order valence-corrected chi connectivity index (χ1v) is 5.74. The molecule has 2 rings (SSSR count). The number of carbonyl (C=O) groups is 1. The molecule has 0 spiro atoms. The second-order valence-electron chi connectivity index (χ2n) is 3.96. The Morgan fingerprint density at radius 1 is 1.22 bits per heavy atom. The fraction of sp³-hybridized carbons (Fsp3) is 0.214. The molecular formula is C14H14N2O2. The Labute approximate surface area is 106 Å². The van der Waals surface area contributed by atoms with Gasteiger partial charge in [0.05, 0.1) is 6.61 Å². The first kappa shape index (κ1) is 12.2. The summed E-state index contributed by atoms with van der Waals surface area (Å²) < 4.78 is 5.15. The van der Waals surface area contributed by atoms with Crippen LogP contribution in [0.5, 0.6) is 0 Å². The van der Waals surface area contributed by atoms with Gasteiger partial charge in [0.2, 0.25) is 0 Å². The molecule has 4 nitrogen and oxygen atoms in total. The number of hydrogen-bond acceptors (Lipinski definition) is 4. The van der Waals surface area contributed by atoms with Crippen molar-refractivity contribution in [3.63, 3.8) is 0 Å². The van der Waals surface area contributed by atoms with Crippen molar-refractivity contribution >= 4 is 5.97 Å². The third kappa shape index (κ3) is 3.38. The van der Waals surface area contributed by atoms with Crippen molar-refractivity contribution < 1.29 is 9.53 Å². The third-order valence-electron chi connectivity index (χ3n) is 2.49. The van der Waals surface area contributed by atoms with Gasteiger partial charge < -0.3 is 4.74 Å². The molecule has 2 aromatic heterocycles. The summed E-state index contributed by atoms with van der Waals surface area (Å²) in [6, 6.07) is 7.31. The predicted octanol–water partition coefficient (Wildman–Crippen LogP) is 2.18. The molecule has 0 fully saturated rings. The minimum absolute atomic E-state index is 0.343. The van der Waals surface area contributed by atoms with Crippen LogP contribution in [0.3, 0.4) is 0 Å². The van der Waals surface area contributed by atoms with E-state index in [9.17, 15) is 4.79 Å². The zero-order chi connectivity index (χ0) is 12.8. The number of aromatic nitrogens is 2. The average Bonchev–Trinajstić information content (AvgIpc) is 2.40. The van der Waals surface area contributed by atoms with Crippen LogP contribution in [0.2, 0.25) is 0 Å². The fourth-order valence-corrected chi connectivity index (χ4v) is 1.47. The summed E-state index contributed by atoms with van der Waals surface area (Å²) in [7, 11) is 0. The van der Waals surface area contributed by atoms with Crippen molar-refractivity contribution in [2.45, 2.75) is 13.3 Å². The van der Waals surface area contributed by atoms with Gasteiger partial charge in [-0.2, -0.15) is 0 Å². The van der Waals surface area contributed by atoms with E-state index in [0.29, 0.717) is 18.7 Å². The number of nitrogens with zero attached hydrogens (tertiary/aromatic N) is 2. The Balaban J connectivity index is 1.84. The second-order valence-corrected chi connectivity index (χ2v) is 3.96. The molecular weight excluding hydrogens is 228 g/mol. The SMILES string of the molecule is Cc1ccc(C(=O)OCCc2ccncc2)nc1. The van der Waals surface area contributed by atoms with Gasteiger partial charge >= 0.3 is 5.97 Å². The van der Waals surface area contributed by atoms with E-state index in [-0.39, 0.29) is 5.97 Å². The van der Waals surface area contributed by atoms with E-state index in [0.717, 1.165) is 11.1 Å². The van der Waals surface area contributed by atoms with Crippen LogP contribution >= 0.6 is 0 Å². The molecule has 0 saturated carbocycles. The number of rotatable bonds is 4. The van der Waals surface area contributed by atoms with Crippen molar-refractivity contribution in [3.8, 4) is 0 Å². The van der Waals surface area contributed by atoms with Crippen molar-refractivity contribution in [2.24, 2.45) is 0 Å². The van der Waals surface area contributed by atoms with Gasteiger partial charge in [0.15, 0.2) is 0 Å². The van der Waals surface area contributed by atoms with Gasteiger partial charge in [-0.3, -0.25) is 4.98 Å². The monoisotopic (exact) mass is 242 g/mol. The van der Waals surface area contributed by atoms with E-state index in [4.69, 9.17) is 4.74 Å². The molecule has 4 heteroatoms. The highest BCUT2D eigenvalue weighted by molar-refractivity contribution is 5.87. The summed E-state index contributed by atoms with van der Waals surface area (Å²) in [5, 5.41) is 0. The molecule has 92 valence electrons. The molecule has 0 amide bonds. The summed E-state index contributed by atoms with van der Waals surface area (Å²) in [5.74, 6) is -0.385. The Hall–Kier alpha value is -2.23. The maximum Gasteiger partial charge on any atom is 0.356 e. The largest absolute Gasteiger partial charge is 0.461 e. The van der Waals surface area contributed by atoms with E-state index in [2.05, 4.69) is 9.97 Å². The molecule has 0 aliphatic rings. The number of aryl methyl sites for hydroxylation is 1. The zero-order valence-corrected chi connectivity index (χ0v) is 10.2. The van der Waals surface area contributed by atoms with Gasteiger partial charge in [0.1, 0.15) is 5.69 Å². The van der Waals surface area contributed by atoms with Gasteiger partial charge in [0.25, 0.3) is 0 Å². The van der Waals surface area contributed by atoms with Crippen LogP contribution in [-0.2, 0) is 11.2 Å². The lowest BCUT2D eigenvalue weighted by Gasteiger charge is -2.04. The third-order valence-corrected chi connectivity index (χ3v) is 2.49. The summed E-state index contributed by atoms with van der Waals surface area (Å²) in [4.78, 5) is 19.6.